The number of aliphatic hydroxyl groups excluding tert-OH is 1. The molecule has 0 aromatic heterocycles. The fourth-order valence-corrected chi connectivity index (χ4v) is 4.63. The average Bonchev–Trinajstić information content (AvgIpc) is 3.44. The summed E-state index contributed by atoms with van der Waals surface area (Å²) in [7, 11) is 0. The van der Waals surface area contributed by atoms with Crippen molar-refractivity contribution in [3.8, 4) is 0 Å². The van der Waals surface area contributed by atoms with Crippen LogP contribution in [-0.2, 0) is 6.54 Å². The Bertz CT molecular complexity index is 767. The number of hydrogen-bond donors (Lipinski definition) is 2. The number of likely N-dealkylation sites (tertiary alicyclic amines) is 1. The summed E-state index contributed by atoms with van der Waals surface area (Å²) in [5.41, 5.74) is 1.51. The van der Waals surface area contributed by atoms with Crippen LogP contribution in [0.15, 0.2) is 35.3 Å². The van der Waals surface area contributed by atoms with Crippen molar-refractivity contribution in [2.24, 2.45) is 4.99 Å². The molecule has 1 atom stereocenters. The molecule has 0 amide bonds. The summed E-state index contributed by atoms with van der Waals surface area (Å²) in [6.45, 7) is 8.84. The van der Waals surface area contributed by atoms with Gasteiger partial charge in [0.05, 0.1) is 18.3 Å². The molecular weight excluding hydrogens is 381 g/mol. The summed E-state index contributed by atoms with van der Waals surface area (Å²) >= 11 is 0. The van der Waals surface area contributed by atoms with Gasteiger partial charge in [0, 0.05) is 51.9 Å². The van der Waals surface area contributed by atoms with Crippen LogP contribution in [0.3, 0.4) is 0 Å². The maximum Gasteiger partial charge on any atom is 0.194 e. The molecule has 3 aliphatic rings. The Labute approximate surface area is 179 Å². The largest absolute Gasteiger partial charge is 0.393 e. The van der Waals surface area contributed by atoms with Crippen LogP contribution >= 0.6 is 0 Å². The summed E-state index contributed by atoms with van der Waals surface area (Å²) in [6.07, 6.45) is 6.77. The molecule has 7 heteroatoms. The van der Waals surface area contributed by atoms with E-state index in [1.165, 1.54) is 0 Å². The van der Waals surface area contributed by atoms with E-state index in [9.17, 15) is 9.50 Å². The second-order valence-electron chi connectivity index (χ2n) is 8.49. The van der Waals surface area contributed by atoms with Gasteiger partial charge in [-0.15, -0.1) is 0 Å². The van der Waals surface area contributed by atoms with Crippen molar-refractivity contribution in [1.29, 1.82) is 0 Å². The first-order chi connectivity index (χ1) is 14.6. The van der Waals surface area contributed by atoms with Gasteiger partial charge in [-0.3, -0.25) is 4.90 Å². The zero-order valence-corrected chi connectivity index (χ0v) is 17.9. The highest BCUT2D eigenvalue weighted by molar-refractivity contribution is 5.80. The van der Waals surface area contributed by atoms with Crippen LogP contribution in [-0.4, -0.2) is 78.8 Å². The molecule has 1 unspecified atom stereocenters. The minimum Gasteiger partial charge on any atom is -0.393 e. The summed E-state index contributed by atoms with van der Waals surface area (Å²) in [4.78, 5) is 11.7. The molecule has 3 aliphatic heterocycles. The molecular formula is C23H34FN5O. The lowest BCUT2D eigenvalue weighted by atomic mass is 10.1. The third-order valence-electron chi connectivity index (χ3n) is 6.39. The molecule has 0 saturated carbocycles. The van der Waals surface area contributed by atoms with Crippen LogP contribution in [0.25, 0.3) is 0 Å². The monoisotopic (exact) mass is 415 g/mol. The molecule has 30 heavy (non-hydrogen) atoms. The van der Waals surface area contributed by atoms with Crippen molar-refractivity contribution >= 4 is 11.6 Å². The fourth-order valence-electron chi connectivity index (χ4n) is 4.63. The van der Waals surface area contributed by atoms with Gasteiger partial charge in [0.1, 0.15) is 5.82 Å². The molecule has 2 fully saturated rings. The van der Waals surface area contributed by atoms with Crippen LogP contribution in [0.5, 0.6) is 0 Å². The number of piperidine rings is 1. The Morgan fingerprint density at radius 1 is 1.17 bits per heavy atom. The predicted octanol–water partition coefficient (Wildman–Crippen LogP) is 2.20. The number of nitrogens with one attached hydrogen (secondary N) is 1. The van der Waals surface area contributed by atoms with E-state index in [-0.39, 0.29) is 11.9 Å². The fraction of sp³-hybridized carbons (Fsp3) is 0.609. The Kier molecular flexibility index (Phi) is 6.89. The summed E-state index contributed by atoms with van der Waals surface area (Å²) in [6, 6.07) is 6.01. The van der Waals surface area contributed by atoms with Crippen molar-refractivity contribution in [1.82, 2.24) is 15.1 Å². The van der Waals surface area contributed by atoms with E-state index in [0.717, 1.165) is 50.7 Å². The van der Waals surface area contributed by atoms with Gasteiger partial charge < -0.3 is 20.2 Å². The van der Waals surface area contributed by atoms with Crippen LogP contribution in [0.4, 0.5) is 10.1 Å². The van der Waals surface area contributed by atoms with E-state index in [0.29, 0.717) is 44.2 Å². The van der Waals surface area contributed by atoms with Gasteiger partial charge in [-0.1, -0.05) is 18.2 Å². The lowest BCUT2D eigenvalue weighted by Crippen LogP contribution is -2.42. The van der Waals surface area contributed by atoms with Gasteiger partial charge in [-0.2, -0.15) is 0 Å². The maximum absolute atomic E-state index is 14.7. The molecule has 0 spiro atoms. The highest BCUT2D eigenvalue weighted by Gasteiger charge is 2.29. The second-order valence-corrected chi connectivity index (χ2v) is 8.49. The maximum atomic E-state index is 14.7. The van der Waals surface area contributed by atoms with Crippen LogP contribution in [0.2, 0.25) is 0 Å². The first kappa shape index (κ1) is 21.1. The SMILES string of the molecule is CCNC(=NCc1ccc(N2CCC(O)CC2)c(F)c1)N1CCC(N2CC=CC2)C1. The molecule has 6 nitrogen and oxygen atoms in total. The van der Waals surface area contributed by atoms with Gasteiger partial charge in [-0.05, 0) is 43.9 Å². The van der Waals surface area contributed by atoms with E-state index in [1.807, 2.05) is 17.0 Å². The molecule has 4 rings (SSSR count). The highest BCUT2D eigenvalue weighted by atomic mass is 19.1. The molecule has 1 aromatic carbocycles. The summed E-state index contributed by atoms with van der Waals surface area (Å²) < 4.78 is 14.7. The predicted molar refractivity (Wildman–Crippen MR) is 119 cm³/mol. The lowest BCUT2D eigenvalue weighted by Gasteiger charge is -2.31. The van der Waals surface area contributed by atoms with Crippen LogP contribution in [0.1, 0.15) is 31.7 Å². The molecule has 3 heterocycles. The standard InChI is InChI=1S/C23H34FN5O/c1-2-25-23(29-12-7-19(17-29)27-10-3-4-11-27)26-16-18-5-6-22(21(24)15-18)28-13-8-20(30)9-14-28/h3-6,15,19-20,30H,2,7-14,16-17H2,1H3,(H,25,26). The first-order valence-corrected chi connectivity index (χ1v) is 11.3. The summed E-state index contributed by atoms with van der Waals surface area (Å²) in [5, 5.41) is 13.1. The zero-order valence-electron chi connectivity index (χ0n) is 17.9. The van der Waals surface area contributed by atoms with Crippen molar-refractivity contribution in [3.63, 3.8) is 0 Å². The number of aliphatic imine (C=N–C) groups is 1. The summed E-state index contributed by atoms with van der Waals surface area (Å²) in [5.74, 6) is 0.716. The van der Waals surface area contributed by atoms with Crippen LogP contribution < -0.4 is 10.2 Å². The third kappa shape index (κ3) is 4.95. The zero-order chi connectivity index (χ0) is 20.9. The van der Waals surface area contributed by atoms with E-state index in [1.54, 1.807) is 6.07 Å². The topological polar surface area (TPSA) is 54.3 Å². The number of hydrogen-bond acceptors (Lipinski definition) is 4. The number of nitrogens with zero attached hydrogens (tertiary/aromatic N) is 4. The quantitative estimate of drug-likeness (QED) is 0.439. The number of benzene rings is 1. The minimum absolute atomic E-state index is 0.202. The van der Waals surface area contributed by atoms with Gasteiger partial charge in [0.25, 0.3) is 0 Å². The molecule has 1 aromatic rings. The van der Waals surface area contributed by atoms with E-state index in [4.69, 9.17) is 4.99 Å². The number of halogens is 1. The van der Waals surface area contributed by atoms with Crippen molar-refractivity contribution in [3.05, 3.63) is 41.7 Å². The third-order valence-corrected chi connectivity index (χ3v) is 6.39. The van der Waals surface area contributed by atoms with Gasteiger partial charge in [0.2, 0.25) is 0 Å². The van der Waals surface area contributed by atoms with E-state index in [2.05, 4.69) is 34.2 Å². The normalized spacial score (nSPS) is 23.6. The Hall–Kier alpha value is -2.12. The van der Waals surface area contributed by atoms with Crippen LogP contribution in [0, 0.1) is 5.82 Å². The number of aliphatic hydroxyl groups is 1. The average molecular weight is 416 g/mol. The second kappa shape index (κ2) is 9.79. The number of guanidine groups is 1. The van der Waals surface area contributed by atoms with Crippen molar-refractivity contribution in [2.45, 2.75) is 44.9 Å². The van der Waals surface area contributed by atoms with Gasteiger partial charge in [0.15, 0.2) is 5.96 Å². The molecule has 0 radical (unpaired) electrons. The van der Waals surface area contributed by atoms with E-state index < -0.39 is 0 Å². The van der Waals surface area contributed by atoms with E-state index >= 15 is 0 Å². The van der Waals surface area contributed by atoms with Gasteiger partial charge >= 0.3 is 0 Å². The highest BCUT2D eigenvalue weighted by Crippen LogP contribution is 2.25. The Morgan fingerprint density at radius 3 is 2.63 bits per heavy atom. The Balaban J connectivity index is 1.38. The molecule has 2 N–H and O–H groups in total. The minimum atomic E-state index is -0.255. The number of anilines is 1. The lowest BCUT2D eigenvalue weighted by molar-refractivity contribution is 0.145. The smallest absolute Gasteiger partial charge is 0.194 e. The Morgan fingerprint density at radius 2 is 1.93 bits per heavy atom. The molecule has 0 aliphatic carbocycles. The number of rotatable bonds is 5. The first-order valence-electron chi connectivity index (χ1n) is 11.3. The van der Waals surface area contributed by atoms with Crippen molar-refractivity contribution < 1.29 is 9.50 Å². The van der Waals surface area contributed by atoms with Gasteiger partial charge in [-0.25, -0.2) is 9.38 Å². The van der Waals surface area contributed by atoms with Crippen molar-refractivity contribution in [2.75, 3.05) is 50.7 Å². The molecule has 164 valence electrons. The molecule has 2 saturated heterocycles. The molecule has 0 bridgehead atoms.